The van der Waals surface area contributed by atoms with Crippen LogP contribution in [-0.4, -0.2) is 39.4 Å². The second-order valence-corrected chi connectivity index (χ2v) is 6.90. The monoisotopic (exact) mass is 415 g/mol. The first-order chi connectivity index (χ1) is 14.0. The molecule has 0 bridgehead atoms. The quantitative estimate of drug-likeness (QED) is 0.543. The summed E-state index contributed by atoms with van der Waals surface area (Å²) in [4.78, 5) is 23.7. The van der Waals surface area contributed by atoms with Crippen molar-refractivity contribution in [3.8, 4) is 17.3 Å². The largest absolute Gasteiger partial charge is 0.495 e. The molecule has 10 heteroatoms. The van der Waals surface area contributed by atoms with Gasteiger partial charge in [-0.15, -0.1) is 10.2 Å². The van der Waals surface area contributed by atoms with Gasteiger partial charge in [-0.2, -0.15) is 0 Å². The lowest BCUT2D eigenvalue weighted by molar-refractivity contribution is -0.114. The molecule has 2 heterocycles. The number of thioether (sulfide) groups is 1. The number of benzene rings is 1. The number of rotatable bonds is 8. The van der Waals surface area contributed by atoms with Gasteiger partial charge in [0.1, 0.15) is 5.75 Å². The average Bonchev–Trinajstić information content (AvgIpc) is 3.35. The number of ether oxygens (including phenoxy) is 1. The number of furan rings is 1. The molecule has 0 saturated carbocycles. The molecule has 9 nitrogen and oxygen atoms in total. The van der Waals surface area contributed by atoms with E-state index < -0.39 is 0 Å². The number of methoxy groups -OCH3 is 1. The standard InChI is InChI=1S/C19H21N5O4S/c1-4-24-18(16-6-5-9-28-16)22-23-19(24)29-11-17(26)21-13-7-8-15(27-3)14(10-13)20-12(2)25/h5-10H,4,11H2,1-3H3,(H,20,25)(H,21,26). The van der Waals surface area contributed by atoms with Crippen molar-refractivity contribution in [1.82, 2.24) is 14.8 Å². The van der Waals surface area contributed by atoms with Crippen LogP contribution in [0.3, 0.4) is 0 Å². The minimum atomic E-state index is -0.228. The molecule has 1 aromatic carbocycles. The summed E-state index contributed by atoms with van der Waals surface area (Å²) >= 11 is 1.28. The lowest BCUT2D eigenvalue weighted by atomic mass is 10.2. The molecule has 3 rings (SSSR count). The van der Waals surface area contributed by atoms with Crippen molar-refractivity contribution in [3.63, 3.8) is 0 Å². The molecular formula is C19H21N5O4S. The van der Waals surface area contributed by atoms with E-state index in [9.17, 15) is 9.59 Å². The molecule has 0 aliphatic rings. The number of nitrogens with one attached hydrogen (secondary N) is 2. The number of nitrogens with zero attached hydrogens (tertiary/aromatic N) is 3. The molecule has 152 valence electrons. The van der Waals surface area contributed by atoms with Gasteiger partial charge in [0.05, 0.1) is 24.8 Å². The summed E-state index contributed by atoms with van der Waals surface area (Å²) in [6.07, 6.45) is 1.58. The van der Waals surface area contributed by atoms with Gasteiger partial charge in [-0.25, -0.2) is 0 Å². The van der Waals surface area contributed by atoms with E-state index in [1.54, 1.807) is 30.5 Å². The SMILES string of the molecule is CCn1c(SCC(=O)Nc2ccc(OC)c(NC(C)=O)c2)nnc1-c1ccco1. The summed E-state index contributed by atoms with van der Waals surface area (Å²) in [6, 6.07) is 8.63. The van der Waals surface area contributed by atoms with Crippen LogP contribution in [0, 0.1) is 0 Å². The Morgan fingerprint density at radius 2 is 2.07 bits per heavy atom. The molecule has 0 spiro atoms. The number of aromatic nitrogens is 3. The smallest absolute Gasteiger partial charge is 0.234 e. The molecule has 0 saturated heterocycles. The summed E-state index contributed by atoms with van der Waals surface area (Å²) in [5.41, 5.74) is 1.03. The molecule has 0 atom stereocenters. The number of hydrogen-bond acceptors (Lipinski definition) is 7. The Labute approximate surface area is 171 Å². The van der Waals surface area contributed by atoms with Crippen molar-refractivity contribution < 1.29 is 18.7 Å². The Morgan fingerprint density at radius 1 is 1.24 bits per heavy atom. The zero-order chi connectivity index (χ0) is 20.8. The van der Waals surface area contributed by atoms with Crippen LogP contribution >= 0.6 is 11.8 Å². The molecule has 29 heavy (non-hydrogen) atoms. The van der Waals surface area contributed by atoms with E-state index >= 15 is 0 Å². The number of carbonyl (C=O) groups is 2. The van der Waals surface area contributed by atoms with Gasteiger partial charge in [-0.3, -0.25) is 14.2 Å². The first kappa shape index (κ1) is 20.5. The Balaban J connectivity index is 1.65. The van der Waals surface area contributed by atoms with Crippen LogP contribution < -0.4 is 15.4 Å². The van der Waals surface area contributed by atoms with Crippen LogP contribution in [-0.2, 0) is 16.1 Å². The number of amides is 2. The molecule has 0 radical (unpaired) electrons. The highest BCUT2D eigenvalue weighted by atomic mass is 32.2. The number of carbonyl (C=O) groups excluding carboxylic acids is 2. The summed E-state index contributed by atoms with van der Waals surface area (Å²) in [5, 5.41) is 14.4. The molecule has 0 aliphatic heterocycles. The molecule has 0 unspecified atom stereocenters. The van der Waals surface area contributed by atoms with Crippen LogP contribution in [0.2, 0.25) is 0 Å². The third-order valence-corrected chi connectivity index (χ3v) is 4.87. The third-order valence-electron chi connectivity index (χ3n) is 3.90. The van der Waals surface area contributed by atoms with Crippen LogP contribution in [0.15, 0.2) is 46.2 Å². The summed E-state index contributed by atoms with van der Waals surface area (Å²) in [7, 11) is 1.51. The third kappa shape index (κ3) is 4.96. The van der Waals surface area contributed by atoms with E-state index in [4.69, 9.17) is 9.15 Å². The maximum absolute atomic E-state index is 12.4. The molecule has 2 N–H and O–H groups in total. The van der Waals surface area contributed by atoms with Crippen LogP contribution in [0.1, 0.15) is 13.8 Å². The summed E-state index contributed by atoms with van der Waals surface area (Å²) < 4.78 is 12.5. The van der Waals surface area contributed by atoms with Gasteiger partial charge in [-0.05, 0) is 37.3 Å². The van der Waals surface area contributed by atoms with Crippen molar-refractivity contribution in [1.29, 1.82) is 0 Å². The number of anilines is 2. The van der Waals surface area contributed by atoms with Crippen molar-refractivity contribution >= 4 is 35.0 Å². The fourth-order valence-electron chi connectivity index (χ4n) is 2.67. The molecule has 3 aromatic rings. The Hall–Kier alpha value is -3.27. The fourth-order valence-corrected chi connectivity index (χ4v) is 3.47. The Kier molecular flexibility index (Phi) is 6.55. The van der Waals surface area contributed by atoms with Gasteiger partial charge in [0.2, 0.25) is 11.8 Å². The zero-order valence-electron chi connectivity index (χ0n) is 16.3. The highest BCUT2D eigenvalue weighted by molar-refractivity contribution is 7.99. The topological polar surface area (TPSA) is 111 Å². The average molecular weight is 415 g/mol. The van der Waals surface area contributed by atoms with E-state index in [0.29, 0.717) is 40.4 Å². The van der Waals surface area contributed by atoms with Crippen LogP contribution in [0.25, 0.3) is 11.6 Å². The van der Waals surface area contributed by atoms with Crippen molar-refractivity contribution in [2.24, 2.45) is 0 Å². The maximum Gasteiger partial charge on any atom is 0.234 e. The molecule has 2 aromatic heterocycles. The second-order valence-electron chi connectivity index (χ2n) is 5.96. The van der Waals surface area contributed by atoms with Gasteiger partial charge < -0.3 is 19.8 Å². The Bertz CT molecular complexity index is 1000. The van der Waals surface area contributed by atoms with Gasteiger partial charge in [-0.1, -0.05) is 11.8 Å². The summed E-state index contributed by atoms with van der Waals surface area (Å²) in [6.45, 7) is 4.02. The van der Waals surface area contributed by atoms with E-state index in [1.807, 2.05) is 17.6 Å². The minimum Gasteiger partial charge on any atom is -0.495 e. The van der Waals surface area contributed by atoms with Gasteiger partial charge in [0.25, 0.3) is 0 Å². The lowest BCUT2D eigenvalue weighted by Crippen LogP contribution is -2.15. The van der Waals surface area contributed by atoms with E-state index in [2.05, 4.69) is 20.8 Å². The Morgan fingerprint density at radius 3 is 2.72 bits per heavy atom. The zero-order valence-corrected chi connectivity index (χ0v) is 17.1. The molecule has 2 amide bonds. The second kappa shape index (κ2) is 9.28. The predicted octanol–water partition coefficient (Wildman–Crippen LogP) is 3.26. The van der Waals surface area contributed by atoms with E-state index in [-0.39, 0.29) is 17.6 Å². The predicted molar refractivity (Wildman–Crippen MR) is 110 cm³/mol. The minimum absolute atomic E-state index is 0.151. The molecular weight excluding hydrogens is 394 g/mol. The molecule has 0 aliphatic carbocycles. The van der Waals surface area contributed by atoms with Crippen molar-refractivity contribution in [3.05, 3.63) is 36.6 Å². The van der Waals surface area contributed by atoms with Gasteiger partial charge in [0.15, 0.2) is 16.7 Å². The van der Waals surface area contributed by atoms with Gasteiger partial charge >= 0.3 is 0 Å². The highest BCUT2D eigenvalue weighted by Crippen LogP contribution is 2.28. The van der Waals surface area contributed by atoms with E-state index in [0.717, 1.165) is 0 Å². The fraction of sp³-hybridized carbons (Fsp3) is 0.263. The van der Waals surface area contributed by atoms with Crippen LogP contribution in [0.5, 0.6) is 5.75 Å². The van der Waals surface area contributed by atoms with E-state index in [1.165, 1.54) is 25.8 Å². The van der Waals surface area contributed by atoms with Crippen LogP contribution in [0.4, 0.5) is 11.4 Å². The molecule has 0 fully saturated rings. The first-order valence-corrected chi connectivity index (χ1v) is 9.85. The summed E-state index contributed by atoms with van der Waals surface area (Å²) in [5.74, 6) is 1.47. The highest BCUT2D eigenvalue weighted by Gasteiger charge is 2.16. The normalized spacial score (nSPS) is 10.6. The van der Waals surface area contributed by atoms with Gasteiger partial charge in [0, 0.05) is 19.2 Å². The van der Waals surface area contributed by atoms with Crippen molar-refractivity contribution in [2.45, 2.75) is 25.5 Å². The lowest BCUT2D eigenvalue weighted by Gasteiger charge is -2.12. The first-order valence-electron chi connectivity index (χ1n) is 8.87. The maximum atomic E-state index is 12.4. The number of hydrogen-bond donors (Lipinski definition) is 2. The van der Waals surface area contributed by atoms with Crippen molar-refractivity contribution in [2.75, 3.05) is 23.5 Å².